The standard InChI is InChI=1S/C23H31N3.C2H6/c1-7-8-12-23(4,17(2)3)21-10-9-18(16-24)14-20(21)22-15-19(26(5)6)11-13-25-22;1-2/h8-9,11-15,17,21H,7,10H2,1-6H3;1-2H3. The van der Waals surface area contributed by atoms with Crippen molar-refractivity contribution in [2.75, 3.05) is 19.0 Å². The van der Waals surface area contributed by atoms with Crippen LogP contribution in [-0.4, -0.2) is 19.1 Å². The second kappa shape index (κ2) is 10.9. The Morgan fingerprint density at radius 1 is 1.36 bits per heavy atom. The number of hydrogen-bond acceptors (Lipinski definition) is 3. The molecular weight excluding hydrogens is 342 g/mol. The molecule has 152 valence electrons. The zero-order valence-corrected chi connectivity index (χ0v) is 19.0. The average Bonchev–Trinajstić information content (AvgIpc) is 2.72. The summed E-state index contributed by atoms with van der Waals surface area (Å²) in [5.41, 5.74) is 4.01. The molecule has 1 aromatic heterocycles. The van der Waals surface area contributed by atoms with Gasteiger partial charge in [0.25, 0.3) is 0 Å². The molecule has 0 bridgehead atoms. The fraction of sp³-hybridized carbons (Fsp3) is 0.520. The summed E-state index contributed by atoms with van der Waals surface area (Å²) in [4.78, 5) is 6.75. The van der Waals surface area contributed by atoms with Crippen LogP contribution >= 0.6 is 0 Å². The van der Waals surface area contributed by atoms with Crippen LogP contribution in [0, 0.1) is 28.6 Å². The Labute approximate surface area is 172 Å². The van der Waals surface area contributed by atoms with E-state index in [-0.39, 0.29) is 5.41 Å². The van der Waals surface area contributed by atoms with Gasteiger partial charge in [-0.25, -0.2) is 0 Å². The van der Waals surface area contributed by atoms with Gasteiger partial charge in [0.2, 0.25) is 0 Å². The van der Waals surface area contributed by atoms with E-state index in [1.54, 1.807) is 0 Å². The van der Waals surface area contributed by atoms with E-state index in [0.717, 1.165) is 29.8 Å². The lowest BCUT2D eigenvalue weighted by Gasteiger charge is -2.41. The summed E-state index contributed by atoms with van der Waals surface area (Å²) in [5, 5.41) is 9.43. The minimum absolute atomic E-state index is 0.00906. The van der Waals surface area contributed by atoms with Crippen LogP contribution < -0.4 is 4.90 Å². The minimum Gasteiger partial charge on any atom is -0.378 e. The van der Waals surface area contributed by atoms with Gasteiger partial charge in [0, 0.05) is 31.6 Å². The molecule has 3 nitrogen and oxygen atoms in total. The first kappa shape index (κ1) is 23.7. The Hall–Kier alpha value is -2.34. The maximum absolute atomic E-state index is 9.43. The molecular formula is C25H37N3. The lowest BCUT2D eigenvalue weighted by atomic mass is 9.63. The van der Waals surface area contributed by atoms with E-state index < -0.39 is 0 Å². The molecule has 2 unspecified atom stereocenters. The number of nitrogens with zero attached hydrogens (tertiary/aromatic N) is 3. The SMILES string of the molecule is CC.CCC=CC(C)(C(C)C)C1CC=C(C#N)C=C1c1cc(N(C)C)ccn1. The summed E-state index contributed by atoms with van der Waals surface area (Å²) in [6, 6.07) is 6.46. The second-order valence-corrected chi connectivity index (χ2v) is 7.78. The van der Waals surface area contributed by atoms with Gasteiger partial charge in [0.1, 0.15) is 0 Å². The zero-order chi connectivity index (χ0) is 21.3. The van der Waals surface area contributed by atoms with Crippen molar-refractivity contribution in [1.82, 2.24) is 4.98 Å². The molecule has 0 saturated carbocycles. The van der Waals surface area contributed by atoms with Gasteiger partial charge in [-0.15, -0.1) is 0 Å². The summed E-state index contributed by atoms with van der Waals surface area (Å²) in [6.07, 6.45) is 12.5. The normalized spacial score (nSPS) is 18.5. The maximum Gasteiger partial charge on any atom is 0.0988 e. The Kier molecular flexibility index (Phi) is 9.19. The number of rotatable bonds is 6. The fourth-order valence-electron chi connectivity index (χ4n) is 3.56. The van der Waals surface area contributed by atoms with E-state index >= 15 is 0 Å². The van der Waals surface area contributed by atoms with Crippen LogP contribution in [0.5, 0.6) is 0 Å². The van der Waals surface area contributed by atoms with Crippen LogP contribution in [-0.2, 0) is 0 Å². The van der Waals surface area contributed by atoms with Gasteiger partial charge in [-0.2, -0.15) is 5.26 Å². The first-order valence-electron chi connectivity index (χ1n) is 10.5. The third-order valence-corrected chi connectivity index (χ3v) is 5.65. The van der Waals surface area contributed by atoms with Gasteiger partial charge in [0.15, 0.2) is 0 Å². The number of pyridine rings is 1. The molecule has 0 radical (unpaired) electrons. The van der Waals surface area contributed by atoms with Crippen molar-refractivity contribution < 1.29 is 0 Å². The van der Waals surface area contributed by atoms with Crippen LogP contribution in [0.4, 0.5) is 5.69 Å². The van der Waals surface area contributed by atoms with Gasteiger partial charge in [-0.3, -0.25) is 4.98 Å². The van der Waals surface area contributed by atoms with Crippen LogP contribution in [0.3, 0.4) is 0 Å². The largest absolute Gasteiger partial charge is 0.378 e. The van der Waals surface area contributed by atoms with Crippen LogP contribution in [0.25, 0.3) is 5.57 Å². The molecule has 2 atom stereocenters. The predicted octanol–water partition coefficient (Wildman–Crippen LogP) is 6.66. The maximum atomic E-state index is 9.43. The van der Waals surface area contributed by atoms with Crippen molar-refractivity contribution in [3.8, 4) is 6.07 Å². The fourth-order valence-corrected chi connectivity index (χ4v) is 3.56. The van der Waals surface area contributed by atoms with Gasteiger partial charge in [0.05, 0.1) is 11.8 Å². The first-order valence-corrected chi connectivity index (χ1v) is 10.5. The lowest BCUT2D eigenvalue weighted by molar-refractivity contribution is 0.221. The zero-order valence-electron chi connectivity index (χ0n) is 19.0. The molecule has 0 spiro atoms. The van der Waals surface area contributed by atoms with Crippen LogP contribution in [0.15, 0.2) is 48.2 Å². The summed E-state index contributed by atoms with van der Waals surface area (Å²) in [7, 11) is 4.07. The molecule has 1 heterocycles. The van der Waals surface area contributed by atoms with Crippen molar-refractivity contribution >= 4 is 11.3 Å². The molecule has 0 aromatic carbocycles. The van der Waals surface area contributed by atoms with Gasteiger partial charge in [-0.1, -0.05) is 59.8 Å². The summed E-state index contributed by atoms with van der Waals surface area (Å²) in [5.74, 6) is 0.778. The van der Waals surface area contributed by atoms with Gasteiger partial charge < -0.3 is 4.90 Å². The van der Waals surface area contributed by atoms with Crippen molar-refractivity contribution in [2.45, 2.75) is 54.4 Å². The second-order valence-electron chi connectivity index (χ2n) is 7.78. The van der Waals surface area contributed by atoms with Crippen LogP contribution in [0.1, 0.15) is 60.1 Å². The topological polar surface area (TPSA) is 39.9 Å². The van der Waals surface area contributed by atoms with E-state index in [1.807, 2.05) is 46.3 Å². The molecule has 1 aliphatic carbocycles. The van der Waals surface area contributed by atoms with Crippen LogP contribution in [0.2, 0.25) is 0 Å². The highest BCUT2D eigenvalue weighted by atomic mass is 15.1. The minimum atomic E-state index is 0.00906. The van der Waals surface area contributed by atoms with E-state index in [9.17, 15) is 5.26 Å². The average molecular weight is 380 g/mol. The van der Waals surface area contributed by atoms with Crippen molar-refractivity contribution in [1.29, 1.82) is 5.26 Å². The summed E-state index contributed by atoms with van der Waals surface area (Å²) in [6.45, 7) is 13.1. The van der Waals surface area contributed by atoms with E-state index in [4.69, 9.17) is 0 Å². The molecule has 0 N–H and O–H groups in total. The third kappa shape index (κ3) is 5.35. The highest BCUT2D eigenvalue weighted by Gasteiger charge is 2.38. The molecule has 1 aromatic rings. The first-order chi connectivity index (χ1) is 13.3. The molecule has 0 fully saturated rings. The number of nitriles is 1. The molecule has 2 rings (SSSR count). The van der Waals surface area contributed by atoms with E-state index in [2.05, 4.69) is 67.9 Å². The molecule has 0 aliphatic heterocycles. The molecule has 3 heteroatoms. The quantitative estimate of drug-likeness (QED) is 0.519. The monoisotopic (exact) mass is 379 g/mol. The Balaban J connectivity index is 0.00000190. The van der Waals surface area contributed by atoms with Crippen molar-refractivity contribution in [3.63, 3.8) is 0 Å². The smallest absolute Gasteiger partial charge is 0.0988 e. The number of hydrogen-bond donors (Lipinski definition) is 0. The van der Waals surface area contributed by atoms with E-state index in [1.165, 1.54) is 5.57 Å². The van der Waals surface area contributed by atoms with Gasteiger partial charge in [-0.05, 0) is 53.9 Å². The van der Waals surface area contributed by atoms with Crippen molar-refractivity contribution in [3.05, 3.63) is 53.9 Å². The Bertz CT molecular complexity index is 762. The number of allylic oxidation sites excluding steroid dienone is 6. The molecule has 0 amide bonds. The third-order valence-electron chi connectivity index (χ3n) is 5.65. The highest BCUT2D eigenvalue weighted by Crippen LogP contribution is 2.48. The Morgan fingerprint density at radius 3 is 2.57 bits per heavy atom. The molecule has 0 saturated heterocycles. The van der Waals surface area contributed by atoms with E-state index in [0.29, 0.717) is 11.8 Å². The molecule has 28 heavy (non-hydrogen) atoms. The molecule has 1 aliphatic rings. The van der Waals surface area contributed by atoms with Crippen molar-refractivity contribution in [2.24, 2.45) is 17.3 Å². The lowest BCUT2D eigenvalue weighted by Crippen LogP contribution is -2.33. The predicted molar refractivity (Wildman–Crippen MR) is 122 cm³/mol. The van der Waals surface area contributed by atoms with Gasteiger partial charge >= 0.3 is 0 Å². The summed E-state index contributed by atoms with van der Waals surface area (Å²) < 4.78 is 0. The summed E-state index contributed by atoms with van der Waals surface area (Å²) >= 11 is 0. The number of anilines is 1. The highest BCUT2D eigenvalue weighted by molar-refractivity contribution is 5.73. The number of aromatic nitrogens is 1. The Morgan fingerprint density at radius 2 is 2.04 bits per heavy atom.